The van der Waals surface area contributed by atoms with Gasteiger partial charge in [0.05, 0.1) is 0 Å². The van der Waals surface area contributed by atoms with Gasteiger partial charge in [-0.1, -0.05) is 24.3 Å². The van der Waals surface area contributed by atoms with Gasteiger partial charge in [0.1, 0.15) is 5.82 Å². The van der Waals surface area contributed by atoms with Gasteiger partial charge in [-0.25, -0.2) is 4.39 Å². The minimum Gasteiger partial charge on any atom is -0.312 e. The van der Waals surface area contributed by atoms with Gasteiger partial charge >= 0.3 is 0 Å². The molecule has 1 heterocycles. The second-order valence-corrected chi connectivity index (χ2v) is 6.99. The Hall–Kier alpha value is -1.32. The van der Waals surface area contributed by atoms with Crippen molar-refractivity contribution in [3.8, 4) is 0 Å². The molecule has 21 heavy (non-hydrogen) atoms. The van der Waals surface area contributed by atoms with Crippen LogP contribution in [0.3, 0.4) is 0 Å². The lowest BCUT2D eigenvalue weighted by Gasteiger charge is -2.25. The molecule has 1 aliphatic rings. The van der Waals surface area contributed by atoms with Crippen molar-refractivity contribution in [3.63, 3.8) is 0 Å². The minimum absolute atomic E-state index is 0.0306. The molecule has 0 amide bonds. The fourth-order valence-corrected chi connectivity index (χ4v) is 4.69. The summed E-state index contributed by atoms with van der Waals surface area (Å²) in [6.07, 6.45) is 0.985. The van der Waals surface area contributed by atoms with Gasteiger partial charge in [0.25, 0.3) is 0 Å². The normalized spacial score (nSPS) is 18.6. The lowest BCUT2D eigenvalue weighted by Crippen LogP contribution is -2.28. The number of aryl methyl sites for hydroxylation is 2. The SMILES string of the molecule is CNC(c1c(C)cc(C)cc1F)C1Cc2ccccc2S1. The Morgan fingerprint density at radius 1 is 1.24 bits per heavy atom. The van der Waals surface area contributed by atoms with Gasteiger partial charge in [0, 0.05) is 21.8 Å². The Morgan fingerprint density at radius 2 is 2.00 bits per heavy atom. The fourth-order valence-electron chi connectivity index (χ4n) is 3.23. The van der Waals surface area contributed by atoms with E-state index < -0.39 is 0 Å². The smallest absolute Gasteiger partial charge is 0.128 e. The Bertz CT molecular complexity index is 620. The third kappa shape index (κ3) is 2.72. The molecule has 0 bridgehead atoms. The van der Waals surface area contributed by atoms with Crippen molar-refractivity contribution in [2.75, 3.05) is 7.05 Å². The molecule has 3 rings (SSSR count). The Balaban J connectivity index is 1.94. The molecule has 0 spiro atoms. The topological polar surface area (TPSA) is 12.0 Å². The van der Waals surface area contributed by atoms with E-state index in [0.717, 1.165) is 23.1 Å². The highest BCUT2D eigenvalue weighted by Gasteiger charge is 2.31. The van der Waals surface area contributed by atoms with Gasteiger partial charge in [0.2, 0.25) is 0 Å². The summed E-state index contributed by atoms with van der Waals surface area (Å²) in [7, 11) is 1.92. The number of thioether (sulfide) groups is 1. The van der Waals surface area contributed by atoms with Gasteiger partial charge in [-0.2, -0.15) is 0 Å². The Morgan fingerprint density at radius 3 is 2.67 bits per heavy atom. The summed E-state index contributed by atoms with van der Waals surface area (Å²) in [5.41, 5.74) is 4.20. The first kappa shape index (κ1) is 14.6. The summed E-state index contributed by atoms with van der Waals surface area (Å²) in [6, 6.07) is 12.2. The van der Waals surface area contributed by atoms with Crippen LogP contribution in [-0.2, 0) is 6.42 Å². The van der Waals surface area contributed by atoms with Gasteiger partial charge in [-0.15, -0.1) is 11.8 Å². The minimum atomic E-state index is -0.0941. The van der Waals surface area contributed by atoms with Crippen molar-refractivity contribution >= 4 is 11.8 Å². The van der Waals surface area contributed by atoms with E-state index in [1.165, 1.54) is 10.5 Å². The molecular weight excluding hydrogens is 281 g/mol. The summed E-state index contributed by atoms with van der Waals surface area (Å²) in [4.78, 5) is 1.33. The van der Waals surface area contributed by atoms with Gasteiger partial charge in [-0.3, -0.25) is 0 Å². The monoisotopic (exact) mass is 301 g/mol. The van der Waals surface area contributed by atoms with Crippen LogP contribution in [-0.4, -0.2) is 12.3 Å². The summed E-state index contributed by atoms with van der Waals surface area (Å²) < 4.78 is 14.5. The van der Waals surface area contributed by atoms with Crippen LogP contribution in [0.5, 0.6) is 0 Å². The number of halogens is 1. The number of fused-ring (bicyclic) bond motifs is 1. The molecule has 0 fully saturated rings. The van der Waals surface area contributed by atoms with Crippen molar-refractivity contribution in [1.29, 1.82) is 0 Å². The maximum absolute atomic E-state index is 14.5. The summed E-state index contributed by atoms with van der Waals surface area (Å²) >= 11 is 1.86. The largest absolute Gasteiger partial charge is 0.312 e. The lowest BCUT2D eigenvalue weighted by molar-refractivity contribution is 0.518. The average molecular weight is 301 g/mol. The molecule has 2 atom stereocenters. The first-order valence-corrected chi connectivity index (χ1v) is 8.16. The van der Waals surface area contributed by atoms with E-state index in [0.29, 0.717) is 5.25 Å². The molecule has 3 heteroatoms. The average Bonchev–Trinajstić information content (AvgIpc) is 2.85. The molecular formula is C18H20FNS. The second kappa shape index (κ2) is 5.82. The van der Waals surface area contributed by atoms with E-state index in [1.807, 2.05) is 32.7 Å². The number of rotatable bonds is 3. The van der Waals surface area contributed by atoms with E-state index in [1.54, 1.807) is 6.07 Å². The molecule has 1 N–H and O–H groups in total. The number of benzene rings is 2. The van der Waals surface area contributed by atoms with Crippen LogP contribution in [0.2, 0.25) is 0 Å². The zero-order valence-corrected chi connectivity index (χ0v) is 13.4. The highest BCUT2D eigenvalue weighted by atomic mass is 32.2. The first-order valence-electron chi connectivity index (χ1n) is 7.28. The Labute approximate surface area is 130 Å². The molecule has 0 aliphatic carbocycles. The van der Waals surface area contributed by atoms with E-state index in [2.05, 4.69) is 35.6 Å². The number of hydrogen-bond acceptors (Lipinski definition) is 2. The van der Waals surface area contributed by atoms with Crippen molar-refractivity contribution in [1.82, 2.24) is 5.32 Å². The van der Waals surface area contributed by atoms with Crippen LogP contribution in [0.15, 0.2) is 41.3 Å². The molecule has 1 nitrogen and oxygen atoms in total. The molecule has 110 valence electrons. The maximum Gasteiger partial charge on any atom is 0.128 e. The molecule has 2 unspecified atom stereocenters. The third-order valence-electron chi connectivity index (χ3n) is 4.15. The van der Waals surface area contributed by atoms with Crippen LogP contribution in [0.25, 0.3) is 0 Å². The molecule has 0 saturated heterocycles. The lowest BCUT2D eigenvalue weighted by atomic mass is 9.93. The molecule has 0 saturated carbocycles. The van der Waals surface area contributed by atoms with Crippen molar-refractivity contribution < 1.29 is 4.39 Å². The summed E-state index contributed by atoms with van der Waals surface area (Å²) in [6.45, 7) is 3.94. The zero-order valence-electron chi connectivity index (χ0n) is 12.6. The van der Waals surface area contributed by atoms with Crippen molar-refractivity contribution in [2.45, 2.75) is 36.5 Å². The maximum atomic E-state index is 14.5. The number of hydrogen-bond donors (Lipinski definition) is 1. The molecule has 2 aromatic rings. The van der Waals surface area contributed by atoms with Crippen LogP contribution >= 0.6 is 11.8 Å². The highest BCUT2D eigenvalue weighted by Crippen LogP contribution is 2.43. The molecule has 0 radical (unpaired) electrons. The fraction of sp³-hybridized carbons (Fsp3) is 0.333. The molecule has 1 aliphatic heterocycles. The van der Waals surface area contributed by atoms with Crippen LogP contribution < -0.4 is 5.32 Å². The van der Waals surface area contributed by atoms with Crippen molar-refractivity contribution in [2.24, 2.45) is 0 Å². The van der Waals surface area contributed by atoms with Crippen LogP contribution in [0.1, 0.15) is 28.3 Å². The predicted molar refractivity (Wildman–Crippen MR) is 87.5 cm³/mol. The van der Waals surface area contributed by atoms with Gasteiger partial charge in [0.15, 0.2) is 0 Å². The number of nitrogens with one attached hydrogen (secondary N) is 1. The first-order chi connectivity index (χ1) is 10.1. The Kier molecular flexibility index (Phi) is 4.05. The molecule has 2 aromatic carbocycles. The summed E-state index contributed by atoms with van der Waals surface area (Å²) in [5.74, 6) is -0.0941. The van der Waals surface area contributed by atoms with E-state index in [-0.39, 0.29) is 11.9 Å². The van der Waals surface area contributed by atoms with Gasteiger partial charge < -0.3 is 5.32 Å². The van der Waals surface area contributed by atoms with Crippen LogP contribution in [0, 0.1) is 19.7 Å². The van der Waals surface area contributed by atoms with E-state index >= 15 is 0 Å². The van der Waals surface area contributed by atoms with Crippen LogP contribution in [0.4, 0.5) is 4.39 Å². The second-order valence-electron chi connectivity index (χ2n) is 5.71. The summed E-state index contributed by atoms with van der Waals surface area (Å²) in [5, 5.41) is 3.67. The van der Waals surface area contributed by atoms with Crippen molar-refractivity contribution in [3.05, 3.63) is 64.5 Å². The van der Waals surface area contributed by atoms with E-state index in [4.69, 9.17) is 0 Å². The highest BCUT2D eigenvalue weighted by molar-refractivity contribution is 8.00. The van der Waals surface area contributed by atoms with Gasteiger partial charge in [-0.05, 0) is 56.1 Å². The molecule has 0 aromatic heterocycles. The third-order valence-corrected chi connectivity index (χ3v) is 5.54. The quantitative estimate of drug-likeness (QED) is 0.900. The van der Waals surface area contributed by atoms with E-state index in [9.17, 15) is 4.39 Å². The predicted octanol–water partition coefficient (Wildman–Crippen LogP) is 4.42. The zero-order chi connectivity index (χ0) is 15.0. The standard InChI is InChI=1S/C18H20FNS/c1-11-8-12(2)17(14(19)9-11)18(20-3)16-10-13-6-4-5-7-15(13)21-16/h4-9,16,18,20H,10H2,1-3H3.